The molecule has 6 nitrogen and oxygen atoms in total. The van der Waals surface area contributed by atoms with Crippen molar-refractivity contribution in [3.63, 3.8) is 0 Å². The predicted octanol–water partition coefficient (Wildman–Crippen LogP) is 4.87. The van der Waals surface area contributed by atoms with Crippen LogP contribution in [0.3, 0.4) is 0 Å². The summed E-state index contributed by atoms with van der Waals surface area (Å²) in [7, 11) is 0. The van der Waals surface area contributed by atoms with E-state index >= 15 is 0 Å². The van der Waals surface area contributed by atoms with E-state index in [9.17, 15) is 9.59 Å². The van der Waals surface area contributed by atoms with Crippen LogP contribution in [0.25, 0.3) is 11.1 Å². The van der Waals surface area contributed by atoms with E-state index in [1.54, 1.807) is 11.0 Å². The number of carbonyl (C=O) groups excluding carboxylic acids is 1. The van der Waals surface area contributed by atoms with Crippen molar-refractivity contribution in [3.05, 3.63) is 57.0 Å². The number of hydrogen-bond acceptors (Lipinski definition) is 4. The van der Waals surface area contributed by atoms with Gasteiger partial charge in [0.05, 0.1) is 0 Å². The van der Waals surface area contributed by atoms with Crippen molar-refractivity contribution in [1.29, 1.82) is 0 Å². The van der Waals surface area contributed by atoms with Gasteiger partial charge in [0.15, 0.2) is 0 Å². The summed E-state index contributed by atoms with van der Waals surface area (Å²) in [6.45, 7) is 13.2. The van der Waals surface area contributed by atoms with Crippen LogP contribution in [0.5, 0.6) is 0 Å². The number of carbonyl (C=O) groups is 1. The number of rotatable bonds is 4. The second-order valence-electron chi connectivity index (χ2n) is 9.34. The number of nitrogens with zero attached hydrogens (tertiary/aromatic N) is 2. The molecule has 0 radical (unpaired) electrons. The van der Waals surface area contributed by atoms with Crippen LogP contribution in [-0.2, 0) is 11.3 Å². The third-order valence-corrected chi connectivity index (χ3v) is 5.57. The topological polar surface area (TPSA) is 65.6 Å². The molecule has 1 N–H and O–H groups in total. The second kappa shape index (κ2) is 9.45. The smallest absolute Gasteiger partial charge is 0.410 e. The van der Waals surface area contributed by atoms with Crippen molar-refractivity contribution in [2.45, 2.75) is 52.7 Å². The molecule has 1 amide bonds. The lowest BCUT2D eigenvalue weighted by atomic mass is 9.94. The summed E-state index contributed by atoms with van der Waals surface area (Å²) in [5.74, 6) is 0.179. The second-order valence-corrected chi connectivity index (χ2v) is 9.78. The van der Waals surface area contributed by atoms with Crippen molar-refractivity contribution in [3.8, 4) is 11.1 Å². The van der Waals surface area contributed by atoms with E-state index in [1.807, 2.05) is 45.0 Å². The zero-order chi connectivity index (χ0) is 22.8. The summed E-state index contributed by atoms with van der Waals surface area (Å²) >= 11 is 6.07. The van der Waals surface area contributed by atoms with E-state index in [4.69, 9.17) is 16.3 Å². The fourth-order valence-electron chi connectivity index (χ4n) is 3.80. The number of H-pyrrole nitrogens is 1. The minimum atomic E-state index is -0.496. The van der Waals surface area contributed by atoms with Crippen molar-refractivity contribution >= 4 is 17.7 Å². The molecule has 1 saturated heterocycles. The van der Waals surface area contributed by atoms with Gasteiger partial charge in [-0.05, 0) is 55.5 Å². The highest BCUT2D eigenvalue weighted by atomic mass is 35.5. The SMILES string of the molecule is CC(C)c1[nH]c(=O)cc(-c2ccc(Cl)cc2)c1CN1CCN(C(=O)OC(C)(C)C)CC1. The van der Waals surface area contributed by atoms with Crippen molar-refractivity contribution < 1.29 is 9.53 Å². The van der Waals surface area contributed by atoms with Gasteiger partial charge in [0, 0.05) is 49.5 Å². The molecule has 1 aromatic heterocycles. The zero-order valence-corrected chi connectivity index (χ0v) is 19.8. The maximum atomic E-state index is 12.4. The van der Waals surface area contributed by atoms with Gasteiger partial charge in [0.25, 0.3) is 0 Å². The van der Waals surface area contributed by atoms with E-state index < -0.39 is 5.60 Å². The number of piperazine rings is 1. The molecule has 0 saturated carbocycles. The van der Waals surface area contributed by atoms with Crippen molar-refractivity contribution in [2.75, 3.05) is 26.2 Å². The summed E-state index contributed by atoms with van der Waals surface area (Å²) in [5, 5.41) is 0.664. The van der Waals surface area contributed by atoms with Gasteiger partial charge >= 0.3 is 6.09 Å². The minimum absolute atomic E-state index is 0.104. The lowest BCUT2D eigenvalue weighted by molar-refractivity contribution is 0.0139. The Labute approximate surface area is 189 Å². The van der Waals surface area contributed by atoms with Gasteiger partial charge in [-0.3, -0.25) is 9.69 Å². The average molecular weight is 446 g/mol. The molecular formula is C24H32ClN3O3. The first-order valence-electron chi connectivity index (χ1n) is 10.8. The summed E-state index contributed by atoms with van der Waals surface area (Å²) in [4.78, 5) is 31.9. The Kier molecular flexibility index (Phi) is 7.12. The number of nitrogens with one attached hydrogen (secondary N) is 1. The van der Waals surface area contributed by atoms with Gasteiger partial charge in [-0.2, -0.15) is 0 Å². The van der Waals surface area contributed by atoms with Crippen LogP contribution in [0.4, 0.5) is 4.79 Å². The number of pyridine rings is 1. The standard InChI is InChI=1S/C24H32ClN3O3/c1-16(2)22-20(19(14-21(29)26-22)17-6-8-18(25)9-7-17)15-27-10-12-28(13-11-27)23(30)31-24(3,4)5/h6-9,14,16H,10-13,15H2,1-5H3,(H,26,29). The van der Waals surface area contributed by atoms with Crippen molar-refractivity contribution in [2.24, 2.45) is 0 Å². The Morgan fingerprint density at radius 3 is 2.29 bits per heavy atom. The van der Waals surface area contributed by atoms with Gasteiger partial charge in [-0.25, -0.2) is 4.79 Å². The minimum Gasteiger partial charge on any atom is -0.444 e. The highest BCUT2D eigenvalue weighted by Crippen LogP contribution is 2.30. The maximum Gasteiger partial charge on any atom is 0.410 e. The summed E-state index contributed by atoms with van der Waals surface area (Å²) in [5.41, 5.74) is 3.37. The predicted molar refractivity (Wildman–Crippen MR) is 125 cm³/mol. The van der Waals surface area contributed by atoms with Crippen molar-refractivity contribution in [1.82, 2.24) is 14.8 Å². The van der Waals surface area contributed by atoms with E-state index in [0.29, 0.717) is 24.7 Å². The van der Waals surface area contributed by atoms with E-state index in [1.165, 1.54) is 0 Å². The number of amides is 1. The maximum absolute atomic E-state index is 12.4. The normalized spacial score (nSPS) is 15.4. The lowest BCUT2D eigenvalue weighted by Crippen LogP contribution is -2.49. The van der Waals surface area contributed by atoms with Gasteiger partial charge in [-0.15, -0.1) is 0 Å². The molecule has 0 aliphatic carbocycles. The Hall–Kier alpha value is -2.31. The fourth-order valence-corrected chi connectivity index (χ4v) is 3.92. The van der Waals surface area contributed by atoms with Crippen LogP contribution >= 0.6 is 11.6 Å². The number of halogens is 1. The Bertz CT molecular complexity index is 969. The number of hydrogen-bond donors (Lipinski definition) is 1. The number of aromatic nitrogens is 1. The molecule has 1 aliphatic heterocycles. The molecule has 1 fully saturated rings. The molecule has 31 heavy (non-hydrogen) atoms. The Morgan fingerprint density at radius 2 is 1.74 bits per heavy atom. The molecule has 0 atom stereocenters. The van der Waals surface area contributed by atoms with Crippen LogP contribution in [0, 0.1) is 0 Å². The molecule has 7 heteroatoms. The summed E-state index contributed by atoms with van der Waals surface area (Å²) in [6.07, 6.45) is -0.263. The Balaban J connectivity index is 1.82. The first kappa shape index (κ1) is 23.4. The average Bonchev–Trinajstić information content (AvgIpc) is 2.68. The quantitative estimate of drug-likeness (QED) is 0.728. The first-order valence-corrected chi connectivity index (χ1v) is 11.1. The summed E-state index contributed by atoms with van der Waals surface area (Å²) < 4.78 is 5.50. The molecule has 168 valence electrons. The third kappa shape index (κ3) is 6.11. The zero-order valence-electron chi connectivity index (χ0n) is 19.0. The molecule has 0 spiro atoms. The highest BCUT2D eigenvalue weighted by Gasteiger charge is 2.27. The molecule has 1 aliphatic rings. The number of aromatic amines is 1. The van der Waals surface area contributed by atoms with Crippen LogP contribution in [-0.4, -0.2) is 52.7 Å². The monoisotopic (exact) mass is 445 g/mol. The molecular weight excluding hydrogens is 414 g/mol. The molecule has 3 rings (SSSR count). The van der Waals surface area contributed by atoms with Gasteiger partial charge in [-0.1, -0.05) is 37.6 Å². The van der Waals surface area contributed by atoms with Crippen LogP contribution in [0.2, 0.25) is 5.02 Å². The molecule has 2 aromatic rings. The van der Waals surface area contributed by atoms with Crippen LogP contribution in [0.15, 0.2) is 35.1 Å². The molecule has 0 unspecified atom stereocenters. The van der Waals surface area contributed by atoms with E-state index in [2.05, 4.69) is 23.7 Å². The fraction of sp³-hybridized carbons (Fsp3) is 0.500. The lowest BCUT2D eigenvalue weighted by Gasteiger charge is -2.36. The first-order chi connectivity index (χ1) is 14.5. The largest absolute Gasteiger partial charge is 0.444 e. The van der Waals surface area contributed by atoms with E-state index in [-0.39, 0.29) is 17.6 Å². The van der Waals surface area contributed by atoms with Gasteiger partial charge < -0.3 is 14.6 Å². The highest BCUT2D eigenvalue weighted by molar-refractivity contribution is 6.30. The van der Waals surface area contributed by atoms with Gasteiger partial charge in [0.2, 0.25) is 5.56 Å². The Morgan fingerprint density at radius 1 is 1.13 bits per heavy atom. The van der Waals surface area contributed by atoms with E-state index in [0.717, 1.165) is 35.5 Å². The van der Waals surface area contributed by atoms with Gasteiger partial charge in [0.1, 0.15) is 5.60 Å². The number of benzene rings is 1. The molecule has 0 bridgehead atoms. The van der Waals surface area contributed by atoms with Crippen LogP contribution < -0.4 is 5.56 Å². The molecule has 2 heterocycles. The molecule has 1 aromatic carbocycles. The third-order valence-electron chi connectivity index (χ3n) is 5.32. The number of ether oxygens (including phenoxy) is 1. The summed E-state index contributed by atoms with van der Waals surface area (Å²) in [6, 6.07) is 9.25. The van der Waals surface area contributed by atoms with Crippen LogP contribution in [0.1, 0.15) is 51.8 Å².